The molecular formula is C27H42O7. The number of benzene rings is 1. The molecule has 7 nitrogen and oxygen atoms in total. The second kappa shape index (κ2) is 12.6. The Morgan fingerprint density at radius 2 is 1.71 bits per heavy atom. The molecule has 192 valence electrons. The van der Waals surface area contributed by atoms with Crippen molar-refractivity contribution >= 4 is 0 Å². The van der Waals surface area contributed by atoms with Crippen LogP contribution in [-0.2, 0) is 33.2 Å². The fourth-order valence-electron chi connectivity index (χ4n) is 4.63. The molecule has 0 N–H and O–H groups in total. The summed E-state index contributed by atoms with van der Waals surface area (Å²) in [7, 11) is 4.94. The maximum absolute atomic E-state index is 6.61. The van der Waals surface area contributed by atoms with Gasteiger partial charge in [-0.15, -0.1) is 6.58 Å². The number of methoxy groups -OCH3 is 3. The second-order valence-electron chi connectivity index (χ2n) is 9.67. The molecule has 3 rings (SSSR count). The maximum atomic E-state index is 6.61. The first kappa shape index (κ1) is 27.3. The summed E-state index contributed by atoms with van der Waals surface area (Å²) < 4.78 is 42.3. The minimum atomic E-state index is -0.600. The number of hydrogen-bond donors (Lipinski definition) is 0. The van der Waals surface area contributed by atoms with Crippen molar-refractivity contribution < 1.29 is 33.2 Å². The zero-order valence-corrected chi connectivity index (χ0v) is 21.5. The van der Waals surface area contributed by atoms with Crippen LogP contribution in [0.2, 0.25) is 0 Å². The highest BCUT2D eigenvalue weighted by Gasteiger charge is 2.45. The zero-order chi connectivity index (χ0) is 24.7. The molecule has 0 bridgehead atoms. The quantitative estimate of drug-likeness (QED) is 0.429. The van der Waals surface area contributed by atoms with E-state index in [4.69, 9.17) is 33.2 Å². The van der Waals surface area contributed by atoms with E-state index in [9.17, 15) is 0 Å². The average Bonchev–Trinajstić information content (AvgIpc) is 2.87. The minimum Gasteiger partial charge on any atom is -0.376 e. The normalized spacial score (nSPS) is 33.4. The van der Waals surface area contributed by atoms with Gasteiger partial charge in [0.25, 0.3) is 0 Å². The Hall–Kier alpha value is -1.32. The van der Waals surface area contributed by atoms with E-state index in [0.717, 1.165) is 18.4 Å². The van der Waals surface area contributed by atoms with Crippen LogP contribution in [0.3, 0.4) is 0 Å². The molecule has 7 heteroatoms. The zero-order valence-electron chi connectivity index (χ0n) is 21.5. The van der Waals surface area contributed by atoms with Gasteiger partial charge in [-0.05, 0) is 6.42 Å². The summed E-state index contributed by atoms with van der Waals surface area (Å²) in [5, 5.41) is 0. The molecule has 2 saturated heterocycles. The summed E-state index contributed by atoms with van der Waals surface area (Å²) in [6.07, 6.45) is 2.24. The molecule has 1 aromatic rings. The molecule has 34 heavy (non-hydrogen) atoms. The van der Waals surface area contributed by atoms with Gasteiger partial charge in [-0.25, -0.2) is 0 Å². The molecule has 0 spiro atoms. The lowest BCUT2D eigenvalue weighted by molar-refractivity contribution is -0.307. The molecule has 0 radical (unpaired) electrons. The lowest BCUT2D eigenvalue weighted by Crippen LogP contribution is -2.57. The monoisotopic (exact) mass is 478 g/mol. The summed E-state index contributed by atoms with van der Waals surface area (Å²) >= 11 is 0. The Kier molecular flexibility index (Phi) is 10.1. The number of hydrogen-bond acceptors (Lipinski definition) is 7. The Bertz CT molecular complexity index is 740. The molecule has 0 unspecified atom stereocenters. The standard InChI is InChI=1S/C27H42O7/c1-8-19-15-20(33-25(32-19)18-13-11-10-12-14-18)16-22(27(3,4)9-2)34-26-24(30-7)23(29-6)21(28-5)17-31-26/h9-14,19-26H,2,8,15-17H2,1,3-7H3/t19-,20-,21-,22+,23+,24-,25-,26+/m1/s1. The van der Waals surface area contributed by atoms with Gasteiger partial charge >= 0.3 is 0 Å². The van der Waals surface area contributed by atoms with Crippen LogP contribution in [0.1, 0.15) is 51.9 Å². The molecule has 8 atom stereocenters. The molecule has 0 saturated carbocycles. The molecule has 2 heterocycles. The van der Waals surface area contributed by atoms with Crippen LogP contribution in [0.15, 0.2) is 43.0 Å². The van der Waals surface area contributed by atoms with E-state index in [1.165, 1.54) is 0 Å². The highest BCUT2D eigenvalue weighted by molar-refractivity contribution is 5.16. The van der Waals surface area contributed by atoms with E-state index in [-0.39, 0.29) is 35.9 Å². The summed E-state index contributed by atoms with van der Waals surface area (Å²) in [6, 6.07) is 10.1. The molecule has 0 aromatic heterocycles. The molecular weight excluding hydrogens is 436 g/mol. The molecule has 2 aliphatic rings. The third kappa shape index (κ3) is 6.46. The van der Waals surface area contributed by atoms with Crippen LogP contribution in [0.25, 0.3) is 0 Å². The van der Waals surface area contributed by atoms with Crippen molar-refractivity contribution in [2.24, 2.45) is 5.41 Å². The topological polar surface area (TPSA) is 64.6 Å². The first-order valence-electron chi connectivity index (χ1n) is 12.2. The fraction of sp³-hybridized carbons (Fsp3) is 0.704. The van der Waals surface area contributed by atoms with E-state index in [1.807, 2.05) is 36.4 Å². The highest BCUT2D eigenvalue weighted by Crippen LogP contribution is 2.38. The summed E-state index contributed by atoms with van der Waals surface area (Å²) in [5.41, 5.74) is 0.697. The first-order valence-corrected chi connectivity index (χ1v) is 12.2. The average molecular weight is 479 g/mol. The van der Waals surface area contributed by atoms with Gasteiger partial charge in [0, 0.05) is 45.1 Å². The summed E-state index contributed by atoms with van der Waals surface area (Å²) in [5.74, 6) is 0. The van der Waals surface area contributed by atoms with E-state index in [2.05, 4.69) is 27.4 Å². The van der Waals surface area contributed by atoms with Crippen LogP contribution in [0.4, 0.5) is 0 Å². The van der Waals surface area contributed by atoms with Gasteiger partial charge in [-0.2, -0.15) is 0 Å². The largest absolute Gasteiger partial charge is 0.376 e. The third-order valence-corrected chi connectivity index (χ3v) is 7.05. The molecule has 1 aromatic carbocycles. The van der Waals surface area contributed by atoms with Crippen LogP contribution in [0.5, 0.6) is 0 Å². The van der Waals surface area contributed by atoms with Crippen molar-refractivity contribution in [2.75, 3.05) is 27.9 Å². The predicted octanol–water partition coefficient (Wildman–Crippen LogP) is 4.66. The van der Waals surface area contributed by atoms with Gasteiger partial charge in [0.05, 0.1) is 24.9 Å². The van der Waals surface area contributed by atoms with E-state index >= 15 is 0 Å². The van der Waals surface area contributed by atoms with Gasteiger partial charge < -0.3 is 33.2 Å². The molecule has 0 amide bonds. The highest BCUT2D eigenvalue weighted by atomic mass is 16.7. The van der Waals surface area contributed by atoms with Crippen LogP contribution < -0.4 is 0 Å². The van der Waals surface area contributed by atoms with E-state index < -0.39 is 18.7 Å². The lowest BCUT2D eigenvalue weighted by Gasteiger charge is -2.44. The fourth-order valence-corrected chi connectivity index (χ4v) is 4.63. The second-order valence-corrected chi connectivity index (χ2v) is 9.67. The number of ether oxygens (including phenoxy) is 7. The van der Waals surface area contributed by atoms with Crippen molar-refractivity contribution in [1.82, 2.24) is 0 Å². The third-order valence-electron chi connectivity index (χ3n) is 7.05. The maximum Gasteiger partial charge on any atom is 0.186 e. The van der Waals surface area contributed by atoms with Crippen LogP contribution in [-0.4, -0.2) is 70.9 Å². The van der Waals surface area contributed by atoms with Gasteiger partial charge in [0.2, 0.25) is 0 Å². The minimum absolute atomic E-state index is 0.0392. The van der Waals surface area contributed by atoms with Crippen molar-refractivity contribution in [3.8, 4) is 0 Å². The lowest BCUT2D eigenvalue weighted by atomic mass is 9.82. The summed E-state index contributed by atoms with van der Waals surface area (Å²) in [6.45, 7) is 10.8. The van der Waals surface area contributed by atoms with Crippen molar-refractivity contribution in [3.63, 3.8) is 0 Å². The SMILES string of the molecule is C=CC(C)(C)[C@H](C[C@H]1C[C@@H](CC)O[C@@H](c2ccccc2)O1)O[C@@H]1OC[C@@H](OC)[C@H](OC)[C@H]1OC. The van der Waals surface area contributed by atoms with Crippen molar-refractivity contribution in [2.45, 2.75) is 89.2 Å². The van der Waals surface area contributed by atoms with Gasteiger partial charge in [0.15, 0.2) is 12.6 Å². The molecule has 2 aliphatic heterocycles. The number of rotatable bonds is 11. The first-order chi connectivity index (χ1) is 16.4. The van der Waals surface area contributed by atoms with Gasteiger partial charge in [-0.3, -0.25) is 0 Å². The smallest absolute Gasteiger partial charge is 0.186 e. The Morgan fingerprint density at radius 1 is 1.03 bits per heavy atom. The Labute approximate surface area is 204 Å². The van der Waals surface area contributed by atoms with Crippen molar-refractivity contribution in [1.29, 1.82) is 0 Å². The van der Waals surface area contributed by atoms with Crippen LogP contribution in [0, 0.1) is 5.41 Å². The predicted molar refractivity (Wildman–Crippen MR) is 129 cm³/mol. The van der Waals surface area contributed by atoms with Crippen LogP contribution >= 0.6 is 0 Å². The summed E-state index contributed by atoms with van der Waals surface area (Å²) in [4.78, 5) is 0. The van der Waals surface area contributed by atoms with Crippen molar-refractivity contribution in [3.05, 3.63) is 48.6 Å². The van der Waals surface area contributed by atoms with E-state index in [0.29, 0.717) is 13.0 Å². The molecule has 0 aliphatic carbocycles. The van der Waals surface area contributed by atoms with E-state index in [1.54, 1.807) is 21.3 Å². The van der Waals surface area contributed by atoms with Gasteiger partial charge in [0.1, 0.15) is 18.3 Å². The van der Waals surface area contributed by atoms with Gasteiger partial charge in [-0.1, -0.05) is 57.2 Å². The molecule has 2 fully saturated rings. The Balaban J connectivity index is 1.77. The Morgan fingerprint density at radius 3 is 2.29 bits per heavy atom.